The molecule has 1 N–H and O–H groups in total. The van der Waals surface area contributed by atoms with Gasteiger partial charge >= 0.3 is 0 Å². The average Bonchev–Trinajstić information content (AvgIpc) is 3.23. The van der Waals surface area contributed by atoms with E-state index in [4.69, 9.17) is 11.6 Å². The number of carbonyl (C=O) groups excluding carboxylic acids is 1. The van der Waals surface area contributed by atoms with E-state index in [1.54, 1.807) is 17.4 Å². The van der Waals surface area contributed by atoms with Gasteiger partial charge in [-0.1, -0.05) is 11.6 Å². The largest absolute Gasteiger partial charge is 0.336 e. The number of hydrogen-bond donors (Lipinski definition) is 1. The van der Waals surface area contributed by atoms with Crippen molar-refractivity contribution in [3.63, 3.8) is 0 Å². The number of carbonyl (C=O) groups is 1. The number of amides is 1. The first-order valence-corrected chi connectivity index (χ1v) is 8.95. The first kappa shape index (κ1) is 15.6. The van der Waals surface area contributed by atoms with Crippen LogP contribution in [0.1, 0.15) is 15.2 Å². The molecule has 0 atom stereocenters. The zero-order valence-electron chi connectivity index (χ0n) is 12.9. The third-order valence-electron chi connectivity index (χ3n) is 4.23. The number of aromatic nitrogens is 3. The Hall–Kier alpha value is -1.96. The first-order valence-electron chi connectivity index (χ1n) is 7.75. The summed E-state index contributed by atoms with van der Waals surface area (Å²) in [4.78, 5) is 18.2. The van der Waals surface area contributed by atoms with E-state index in [-0.39, 0.29) is 5.91 Å². The number of hydrogen-bond acceptors (Lipinski definition) is 5. The van der Waals surface area contributed by atoms with Gasteiger partial charge in [-0.25, -0.2) is 0 Å². The Labute approximate surface area is 148 Å². The highest BCUT2D eigenvalue weighted by molar-refractivity contribution is 7.16. The van der Waals surface area contributed by atoms with Crippen LogP contribution < -0.4 is 0 Å². The highest BCUT2D eigenvalue weighted by Crippen LogP contribution is 2.23. The van der Waals surface area contributed by atoms with Crippen molar-refractivity contribution < 1.29 is 4.79 Å². The van der Waals surface area contributed by atoms with Crippen molar-refractivity contribution in [2.75, 3.05) is 26.2 Å². The van der Waals surface area contributed by atoms with Crippen molar-refractivity contribution in [2.45, 2.75) is 6.54 Å². The lowest BCUT2D eigenvalue weighted by Gasteiger charge is -2.34. The Morgan fingerprint density at radius 1 is 1.12 bits per heavy atom. The number of nitrogens with zero attached hydrogens (tertiary/aromatic N) is 4. The van der Waals surface area contributed by atoms with Crippen molar-refractivity contribution in [3.8, 4) is 0 Å². The minimum atomic E-state index is 0.0544. The number of benzene rings is 1. The van der Waals surface area contributed by atoms with Crippen molar-refractivity contribution in [2.24, 2.45) is 0 Å². The molecule has 4 rings (SSSR count). The standard InChI is InChI=1S/C16H16ClN5OS/c17-15-4-2-12(24-15)10-21-5-7-22(8-6-21)16(23)11-1-3-13-14(9-11)19-20-18-13/h1-4,9H,5-8,10H2,(H,18,19,20). The van der Waals surface area contributed by atoms with Crippen LogP contribution in [0.4, 0.5) is 0 Å². The molecule has 3 aromatic rings. The van der Waals surface area contributed by atoms with E-state index in [0.717, 1.165) is 42.6 Å². The molecule has 2 aromatic heterocycles. The van der Waals surface area contributed by atoms with Crippen LogP contribution in [0, 0.1) is 0 Å². The van der Waals surface area contributed by atoms with E-state index >= 15 is 0 Å². The lowest BCUT2D eigenvalue weighted by atomic mass is 10.1. The Morgan fingerprint density at radius 2 is 1.92 bits per heavy atom. The van der Waals surface area contributed by atoms with E-state index in [2.05, 4.69) is 26.4 Å². The van der Waals surface area contributed by atoms with Gasteiger partial charge in [0.2, 0.25) is 0 Å². The fraction of sp³-hybridized carbons (Fsp3) is 0.312. The van der Waals surface area contributed by atoms with Gasteiger partial charge < -0.3 is 4.90 Å². The van der Waals surface area contributed by atoms with E-state index in [1.807, 2.05) is 23.1 Å². The van der Waals surface area contributed by atoms with Gasteiger partial charge in [0, 0.05) is 43.2 Å². The lowest BCUT2D eigenvalue weighted by molar-refractivity contribution is 0.0630. The summed E-state index contributed by atoms with van der Waals surface area (Å²) >= 11 is 7.59. The molecule has 0 unspecified atom stereocenters. The van der Waals surface area contributed by atoms with Gasteiger partial charge in [-0.05, 0) is 30.3 Å². The molecule has 1 saturated heterocycles. The average molecular weight is 362 g/mol. The topological polar surface area (TPSA) is 65.1 Å². The first-order chi connectivity index (χ1) is 11.7. The van der Waals surface area contributed by atoms with Crippen LogP contribution >= 0.6 is 22.9 Å². The number of H-pyrrole nitrogens is 1. The maximum absolute atomic E-state index is 12.7. The molecule has 1 aliphatic rings. The second-order valence-corrected chi connectivity index (χ2v) is 7.60. The molecule has 124 valence electrons. The summed E-state index contributed by atoms with van der Waals surface area (Å²) < 4.78 is 0.821. The molecule has 0 radical (unpaired) electrons. The summed E-state index contributed by atoms with van der Waals surface area (Å²) in [5.74, 6) is 0.0544. The predicted octanol–water partition coefficient (Wildman–Crippen LogP) is 2.63. The summed E-state index contributed by atoms with van der Waals surface area (Å²) in [7, 11) is 0. The van der Waals surface area contributed by atoms with E-state index in [1.165, 1.54) is 4.88 Å². The Balaban J connectivity index is 1.38. The number of aromatic amines is 1. The Morgan fingerprint density at radius 3 is 2.67 bits per heavy atom. The van der Waals surface area contributed by atoms with E-state index in [9.17, 15) is 4.79 Å². The molecule has 1 aliphatic heterocycles. The highest BCUT2D eigenvalue weighted by Gasteiger charge is 2.22. The highest BCUT2D eigenvalue weighted by atomic mass is 35.5. The smallest absolute Gasteiger partial charge is 0.254 e. The van der Waals surface area contributed by atoms with Gasteiger partial charge in [0.25, 0.3) is 5.91 Å². The van der Waals surface area contributed by atoms with Gasteiger partial charge in [-0.2, -0.15) is 15.4 Å². The Bertz CT molecular complexity index is 868. The summed E-state index contributed by atoms with van der Waals surface area (Å²) in [5, 5.41) is 10.6. The molecule has 6 nitrogen and oxygen atoms in total. The van der Waals surface area contributed by atoms with Crippen molar-refractivity contribution in [1.82, 2.24) is 25.2 Å². The van der Waals surface area contributed by atoms with E-state index in [0.29, 0.717) is 11.1 Å². The fourth-order valence-corrected chi connectivity index (χ4v) is 4.05. The molecular weight excluding hydrogens is 346 g/mol. The normalized spacial score (nSPS) is 16.0. The van der Waals surface area contributed by atoms with Crippen LogP contribution in [0.5, 0.6) is 0 Å². The summed E-state index contributed by atoms with van der Waals surface area (Å²) in [6.45, 7) is 4.09. The number of thiophene rings is 1. The van der Waals surface area contributed by atoms with Gasteiger partial charge in [0.1, 0.15) is 11.0 Å². The zero-order valence-corrected chi connectivity index (χ0v) is 14.5. The Kier molecular flexibility index (Phi) is 4.22. The van der Waals surface area contributed by atoms with Crippen molar-refractivity contribution in [3.05, 3.63) is 45.1 Å². The van der Waals surface area contributed by atoms with Crippen LogP contribution in [0.15, 0.2) is 30.3 Å². The number of fused-ring (bicyclic) bond motifs is 1. The van der Waals surface area contributed by atoms with Gasteiger partial charge in [0.05, 0.1) is 4.34 Å². The molecule has 1 fully saturated rings. The third kappa shape index (κ3) is 3.15. The second-order valence-electron chi connectivity index (χ2n) is 5.80. The van der Waals surface area contributed by atoms with Crippen LogP contribution in [-0.4, -0.2) is 57.3 Å². The fourth-order valence-electron chi connectivity index (χ4n) is 2.92. The molecule has 1 amide bonds. The predicted molar refractivity (Wildman–Crippen MR) is 94.4 cm³/mol. The van der Waals surface area contributed by atoms with Crippen LogP contribution in [0.3, 0.4) is 0 Å². The van der Waals surface area contributed by atoms with E-state index < -0.39 is 0 Å². The molecule has 24 heavy (non-hydrogen) atoms. The van der Waals surface area contributed by atoms with Crippen LogP contribution in [0.2, 0.25) is 4.34 Å². The monoisotopic (exact) mass is 361 g/mol. The number of piperazine rings is 1. The molecule has 0 saturated carbocycles. The van der Waals surface area contributed by atoms with Gasteiger partial charge in [0.15, 0.2) is 0 Å². The van der Waals surface area contributed by atoms with Gasteiger partial charge in [-0.3, -0.25) is 9.69 Å². The zero-order chi connectivity index (χ0) is 16.5. The minimum Gasteiger partial charge on any atom is -0.336 e. The molecule has 1 aromatic carbocycles. The molecule has 8 heteroatoms. The summed E-state index contributed by atoms with van der Waals surface area (Å²) in [6.07, 6.45) is 0. The van der Waals surface area contributed by atoms with Crippen LogP contribution in [-0.2, 0) is 6.54 Å². The molecule has 3 heterocycles. The van der Waals surface area contributed by atoms with Gasteiger partial charge in [-0.15, -0.1) is 11.3 Å². The minimum absolute atomic E-state index is 0.0544. The summed E-state index contributed by atoms with van der Waals surface area (Å²) in [5.41, 5.74) is 2.15. The SMILES string of the molecule is O=C(c1ccc2n[nH]nc2c1)N1CCN(Cc2ccc(Cl)s2)CC1. The molecular formula is C16H16ClN5OS. The second kappa shape index (κ2) is 6.51. The van der Waals surface area contributed by atoms with Crippen molar-refractivity contribution in [1.29, 1.82) is 0 Å². The maximum atomic E-state index is 12.7. The van der Waals surface area contributed by atoms with Crippen molar-refractivity contribution >= 4 is 39.9 Å². The third-order valence-corrected chi connectivity index (χ3v) is 5.45. The number of nitrogens with one attached hydrogen (secondary N) is 1. The lowest BCUT2D eigenvalue weighted by Crippen LogP contribution is -2.48. The molecule has 0 bridgehead atoms. The summed E-state index contributed by atoms with van der Waals surface area (Å²) in [6, 6.07) is 9.43. The number of halogens is 1. The number of rotatable bonds is 3. The quantitative estimate of drug-likeness (QED) is 0.778. The van der Waals surface area contributed by atoms with Crippen LogP contribution in [0.25, 0.3) is 11.0 Å². The maximum Gasteiger partial charge on any atom is 0.254 e. The molecule has 0 aliphatic carbocycles. The molecule has 0 spiro atoms.